The molecule has 3 saturated heterocycles. The normalized spacial score (nSPS) is 28.7. The number of carbonyl (C=O) groups excluding carboxylic acids is 2. The van der Waals surface area contributed by atoms with Crippen molar-refractivity contribution in [3.8, 4) is 10.6 Å². The van der Waals surface area contributed by atoms with E-state index < -0.39 is 5.92 Å². The van der Waals surface area contributed by atoms with E-state index in [1.165, 1.54) is 16.2 Å². The van der Waals surface area contributed by atoms with Crippen molar-refractivity contribution in [3.63, 3.8) is 0 Å². The van der Waals surface area contributed by atoms with E-state index in [2.05, 4.69) is 14.8 Å². The summed E-state index contributed by atoms with van der Waals surface area (Å²) in [4.78, 5) is 37.9. The summed E-state index contributed by atoms with van der Waals surface area (Å²) in [6, 6.07) is 3.56. The monoisotopic (exact) mass is 448 g/mol. The van der Waals surface area contributed by atoms with Gasteiger partial charge in [-0.25, -0.2) is 4.98 Å². The minimum Gasteiger partial charge on any atom is -0.438 e. The second kappa shape index (κ2) is 7.75. The SMILES string of the molecule is CN(C)CCCN1C(=O)[C@@H]2[C@H](C1=O)[C@H]1CCCN1[C@@H]2c1ncc(-c2ccc(Cl)s2)o1. The highest BCUT2D eigenvalue weighted by Crippen LogP contribution is 2.53. The number of hydrogen-bond donors (Lipinski definition) is 0. The number of amides is 2. The largest absolute Gasteiger partial charge is 0.438 e. The van der Waals surface area contributed by atoms with Crippen LogP contribution < -0.4 is 0 Å². The molecule has 0 spiro atoms. The molecule has 0 N–H and O–H groups in total. The molecule has 3 aliphatic heterocycles. The number of rotatable bonds is 6. The van der Waals surface area contributed by atoms with Crippen LogP contribution in [0.4, 0.5) is 0 Å². The topological polar surface area (TPSA) is 69.9 Å². The lowest BCUT2D eigenvalue weighted by atomic mass is 9.88. The first-order valence-corrected chi connectivity index (χ1v) is 11.6. The summed E-state index contributed by atoms with van der Waals surface area (Å²) in [5.41, 5.74) is 0. The molecule has 30 heavy (non-hydrogen) atoms. The molecule has 0 aliphatic carbocycles. The zero-order valence-electron chi connectivity index (χ0n) is 17.1. The van der Waals surface area contributed by atoms with Gasteiger partial charge in [0.2, 0.25) is 17.7 Å². The fraction of sp³-hybridized carbons (Fsp3) is 0.571. The van der Waals surface area contributed by atoms with Gasteiger partial charge in [-0.15, -0.1) is 11.3 Å². The first-order valence-electron chi connectivity index (χ1n) is 10.4. The maximum atomic E-state index is 13.3. The Balaban J connectivity index is 1.43. The van der Waals surface area contributed by atoms with Gasteiger partial charge in [-0.3, -0.25) is 19.4 Å². The smallest absolute Gasteiger partial charge is 0.235 e. The van der Waals surface area contributed by atoms with Crippen molar-refractivity contribution in [1.82, 2.24) is 19.7 Å². The predicted molar refractivity (Wildman–Crippen MR) is 114 cm³/mol. The molecule has 9 heteroatoms. The van der Waals surface area contributed by atoms with Crippen LogP contribution in [0.3, 0.4) is 0 Å². The second-order valence-corrected chi connectivity index (χ2v) is 10.3. The molecule has 2 aromatic heterocycles. The van der Waals surface area contributed by atoms with E-state index in [-0.39, 0.29) is 29.8 Å². The lowest BCUT2D eigenvalue weighted by molar-refractivity contribution is -0.141. The number of fused-ring (bicyclic) bond motifs is 3. The third-order valence-electron chi connectivity index (χ3n) is 6.52. The molecule has 2 aromatic rings. The Hall–Kier alpha value is -1.74. The second-order valence-electron chi connectivity index (χ2n) is 8.60. The van der Waals surface area contributed by atoms with Gasteiger partial charge in [-0.05, 0) is 58.6 Å². The van der Waals surface area contributed by atoms with Gasteiger partial charge >= 0.3 is 0 Å². The van der Waals surface area contributed by atoms with Gasteiger partial charge in [0.15, 0.2) is 5.76 Å². The van der Waals surface area contributed by atoms with Crippen molar-refractivity contribution in [2.75, 3.05) is 33.7 Å². The number of thiophene rings is 1. The van der Waals surface area contributed by atoms with Gasteiger partial charge in [0, 0.05) is 12.6 Å². The molecule has 0 bridgehead atoms. The molecular formula is C21H25ClN4O3S. The summed E-state index contributed by atoms with van der Waals surface area (Å²) < 4.78 is 6.81. The molecule has 4 atom stereocenters. The summed E-state index contributed by atoms with van der Waals surface area (Å²) in [6.45, 7) is 2.19. The lowest BCUT2D eigenvalue weighted by Gasteiger charge is -2.26. The van der Waals surface area contributed by atoms with E-state index in [0.717, 1.165) is 37.2 Å². The number of imide groups is 1. The number of hydrogen-bond acceptors (Lipinski definition) is 7. The molecule has 5 heterocycles. The van der Waals surface area contributed by atoms with E-state index in [9.17, 15) is 9.59 Å². The van der Waals surface area contributed by atoms with Crippen LogP contribution in [-0.2, 0) is 9.59 Å². The fourth-order valence-electron chi connectivity index (χ4n) is 5.31. The third-order valence-corrected chi connectivity index (χ3v) is 7.77. The van der Waals surface area contributed by atoms with Gasteiger partial charge in [0.05, 0.1) is 33.3 Å². The van der Waals surface area contributed by atoms with Crippen LogP contribution in [0.1, 0.15) is 31.2 Å². The highest BCUT2D eigenvalue weighted by Gasteiger charge is 2.64. The summed E-state index contributed by atoms with van der Waals surface area (Å²) in [7, 11) is 3.99. The number of likely N-dealkylation sites (tertiary alicyclic amines) is 1. The first-order chi connectivity index (χ1) is 14.5. The van der Waals surface area contributed by atoms with Gasteiger partial charge in [0.25, 0.3) is 0 Å². The Morgan fingerprint density at radius 1 is 1.27 bits per heavy atom. The Labute approximate surface area is 184 Å². The first kappa shape index (κ1) is 20.2. The van der Waals surface area contributed by atoms with E-state index in [4.69, 9.17) is 16.0 Å². The highest BCUT2D eigenvalue weighted by atomic mass is 35.5. The van der Waals surface area contributed by atoms with E-state index in [0.29, 0.717) is 22.5 Å². The molecule has 0 radical (unpaired) electrons. The maximum absolute atomic E-state index is 13.3. The lowest BCUT2D eigenvalue weighted by Crippen LogP contribution is -2.40. The quantitative estimate of drug-likeness (QED) is 0.632. The minimum absolute atomic E-state index is 0.0139. The van der Waals surface area contributed by atoms with Crippen molar-refractivity contribution in [3.05, 3.63) is 28.6 Å². The van der Waals surface area contributed by atoms with Crippen molar-refractivity contribution >= 4 is 34.8 Å². The van der Waals surface area contributed by atoms with E-state index >= 15 is 0 Å². The zero-order valence-corrected chi connectivity index (χ0v) is 18.7. The molecule has 7 nitrogen and oxygen atoms in total. The molecular weight excluding hydrogens is 424 g/mol. The molecule has 3 fully saturated rings. The van der Waals surface area contributed by atoms with Crippen LogP contribution in [-0.4, -0.2) is 71.3 Å². The van der Waals surface area contributed by atoms with E-state index in [1.54, 1.807) is 6.20 Å². The number of aromatic nitrogens is 1. The number of oxazole rings is 1. The van der Waals surface area contributed by atoms with Crippen molar-refractivity contribution in [2.24, 2.45) is 11.8 Å². The molecule has 2 amide bonds. The van der Waals surface area contributed by atoms with E-state index in [1.807, 2.05) is 26.2 Å². The molecule has 0 saturated carbocycles. The van der Waals surface area contributed by atoms with Crippen LogP contribution in [0.2, 0.25) is 4.34 Å². The summed E-state index contributed by atoms with van der Waals surface area (Å²) in [6.07, 6.45) is 4.45. The van der Waals surface area contributed by atoms with Crippen molar-refractivity contribution < 1.29 is 14.0 Å². The Morgan fingerprint density at radius 2 is 2.07 bits per heavy atom. The average molecular weight is 449 g/mol. The zero-order chi connectivity index (χ0) is 21.0. The third kappa shape index (κ3) is 3.21. The van der Waals surface area contributed by atoms with Crippen LogP contribution in [0.15, 0.2) is 22.7 Å². The van der Waals surface area contributed by atoms with Gasteiger partial charge < -0.3 is 9.32 Å². The van der Waals surface area contributed by atoms with Crippen molar-refractivity contribution in [2.45, 2.75) is 31.3 Å². The Bertz CT molecular complexity index is 973. The maximum Gasteiger partial charge on any atom is 0.235 e. The van der Waals surface area contributed by atoms with Gasteiger partial charge in [0.1, 0.15) is 0 Å². The minimum atomic E-state index is -0.402. The van der Waals surface area contributed by atoms with Crippen LogP contribution in [0.25, 0.3) is 10.6 Å². The number of carbonyl (C=O) groups is 2. The highest BCUT2D eigenvalue weighted by molar-refractivity contribution is 7.19. The predicted octanol–water partition coefficient (Wildman–Crippen LogP) is 3.13. The standard InChI is InChI=1S/C21H25ClN4O3S/c1-24(2)8-4-10-26-20(27)16-12-5-3-9-25(12)18(17(16)21(26)28)19-23-11-13(29-19)14-6-7-15(22)30-14/h6-7,11-12,16-18H,3-5,8-10H2,1-2H3/t12-,16-,17-,18+/m1/s1. The van der Waals surface area contributed by atoms with Gasteiger partial charge in [-0.2, -0.15) is 0 Å². The summed E-state index contributed by atoms with van der Waals surface area (Å²) in [5.74, 6) is 0.421. The Morgan fingerprint density at radius 3 is 2.80 bits per heavy atom. The molecule has 160 valence electrons. The van der Waals surface area contributed by atoms with Crippen LogP contribution in [0.5, 0.6) is 0 Å². The number of halogens is 1. The molecule has 0 aromatic carbocycles. The average Bonchev–Trinajstić information content (AvgIpc) is 3.47. The Kier molecular flexibility index (Phi) is 5.21. The molecule has 5 rings (SSSR count). The molecule has 3 aliphatic rings. The van der Waals surface area contributed by atoms with Crippen LogP contribution in [0, 0.1) is 11.8 Å². The van der Waals surface area contributed by atoms with Gasteiger partial charge in [-0.1, -0.05) is 11.6 Å². The van der Waals surface area contributed by atoms with Crippen molar-refractivity contribution in [1.29, 1.82) is 0 Å². The summed E-state index contributed by atoms with van der Waals surface area (Å²) in [5, 5.41) is 0. The summed E-state index contributed by atoms with van der Waals surface area (Å²) >= 11 is 7.49. The number of nitrogens with zero attached hydrogens (tertiary/aromatic N) is 4. The fourth-order valence-corrected chi connectivity index (χ4v) is 6.30. The molecule has 0 unspecified atom stereocenters. The van der Waals surface area contributed by atoms with Crippen LogP contribution >= 0.6 is 22.9 Å².